The Balaban J connectivity index is 1.30. The van der Waals surface area contributed by atoms with Crippen molar-refractivity contribution in [2.24, 2.45) is 0 Å². The third kappa shape index (κ3) is 5.15. The van der Waals surface area contributed by atoms with E-state index in [9.17, 15) is 5.26 Å². The fraction of sp³-hybridized carbons (Fsp3) is 0.600. The van der Waals surface area contributed by atoms with Crippen molar-refractivity contribution in [3.63, 3.8) is 0 Å². The van der Waals surface area contributed by atoms with E-state index in [4.69, 9.17) is 9.72 Å². The van der Waals surface area contributed by atoms with Crippen LogP contribution in [-0.4, -0.2) is 68.3 Å². The number of piperazine rings is 1. The molecule has 4 heterocycles. The second kappa shape index (κ2) is 10.9. The number of pyridine rings is 1. The number of ether oxygens (including phenoxy) is 1. The Morgan fingerprint density at radius 1 is 1.05 bits per heavy atom. The summed E-state index contributed by atoms with van der Waals surface area (Å²) in [6.45, 7) is 6.35. The van der Waals surface area contributed by atoms with Crippen LogP contribution in [0.1, 0.15) is 54.4 Å². The van der Waals surface area contributed by atoms with Crippen molar-refractivity contribution in [2.45, 2.75) is 70.0 Å². The monoisotopic (exact) mass is 500 g/mol. The molecule has 2 aromatic rings. The van der Waals surface area contributed by atoms with Gasteiger partial charge in [0.1, 0.15) is 12.4 Å². The number of nitriles is 1. The molecule has 2 saturated heterocycles. The lowest BCUT2D eigenvalue weighted by molar-refractivity contribution is 0.193. The maximum Gasteiger partial charge on any atom is 0.215 e. The van der Waals surface area contributed by atoms with Gasteiger partial charge in [-0.3, -0.25) is 0 Å². The van der Waals surface area contributed by atoms with Crippen LogP contribution in [0.5, 0.6) is 5.88 Å². The van der Waals surface area contributed by atoms with Gasteiger partial charge in [-0.15, -0.1) is 0 Å². The van der Waals surface area contributed by atoms with E-state index in [1.807, 2.05) is 0 Å². The Kier molecular flexibility index (Phi) is 7.21. The first-order valence-corrected chi connectivity index (χ1v) is 14.3. The molecule has 2 atom stereocenters. The van der Waals surface area contributed by atoms with Gasteiger partial charge in [0.05, 0.1) is 12.5 Å². The van der Waals surface area contributed by atoms with Crippen LogP contribution >= 0.6 is 0 Å². The van der Waals surface area contributed by atoms with Crippen molar-refractivity contribution in [2.75, 3.05) is 56.2 Å². The number of anilines is 2. The number of rotatable bonds is 6. The zero-order valence-electron chi connectivity index (χ0n) is 22.2. The summed E-state index contributed by atoms with van der Waals surface area (Å²) in [6.07, 6.45) is 8.95. The van der Waals surface area contributed by atoms with Crippen LogP contribution in [0.2, 0.25) is 0 Å². The number of hydrogen-bond acceptors (Lipinski definition) is 7. The fourth-order valence-corrected chi connectivity index (χ4v) is 6.76. The first-order chi connectivity index (χ1) is 18.2. The summed E-state index contributed by atoms with van der Waals surface area (Å²) in [5.41, 5.74) is 7.24. The minimum Gasteiger partial charge on any atom is -0.476 e. The van der Waals surface area contributed by atoms with E-state index in [2.05, 4.69) is 57.4 Å². The lowest BCUT2D eigenvalue weighted by Crippen LogP contribution is -2.51. The van der Waals surface area contributed by atoms with Crippen LogP contribution in [0, 0.1) is 11.3 Å². The van der Waals surface area contributed by atoms with Gasteiger partial charge in [-0.25, -0.2) is 0 Å². The molecule has 1 N–H and O–H groups in total. The molecule has 0 bridgehead atoms. The highest BCUT2D eigenvalue weighted by Gasteiger charge is 2.29. The van der Waals surface area contributed by atoms with Gasteiger partial charge in [0.25, 0.3) is 0 Å². The molecule has 0 spiro atoms. The van der Waals surface area contributed by atoms with Crippen molar-refractivity contribution in [3.05, 3.63) is 46.5 Å². The smallest absolute Gasteiger partial charge is 0.215 e. The van der Waals surface area contributed by atoms with Gasteiger partial charge in [-0.2, -0.15) is 10.2 Å². The minimum atomic E-state index is 0.184. The first kappa shape index (κ1) is 24.5. The van der Waals surface area contributed by atoms with E-state index >= 15 is 0 Å². The molecule has 0 saturated carbocycles. The molecule has 1 aliphatic carbocycles. The van der Waals surface area contributed by atoms with Crippen LogP contribution in [-0.2, 0) is 25.8 Å². The van der Waals surface area contributed by atoms with Crippen LogP contribution in [0.4, 0.5) is 11.5 Å². The molecule has 196 valence electrons. The number of aromatic nitrogens is 1. The highest BCUT2D eigenvalue weighted by atomic mass is 16.5. The van der Waals surface area contributed by atoms with E-state index in [0.717, 1.165) is 57.4 Å². The summed E-state index contributed by atoms with van der Waals surface area (Å²) >= 11 is 0. The maximum atomic E-state index is 9.27. The van der Waals surface area contributed by atoms with Gasteiger partial charge in [0.2, 0.25) is 5.88 Å². The van der Waals surface area contributed by atoms with Crippen molar-refractivity contribution in [1.29, 1.82) is 5.26 Å². The third-order valence-corrected chi connectivity index (χ3v) is 8.86. The number of aryl methyl sites for hydroxylation is 1. The van der Waals surface area contributed by atoms with Gasteiger partial charge in [-0.1, -0.05) is 12.1 Å². The zero-order valence-corrected chi connectivity index (χ0v) is 22.2. The molecule has 0 amide bonds. The SMILES string of the molecule is CN1CCC[C@H]1COc1cc2c(c(N3CCN[C@@H](CC#N)C3)n1)CCN(c1cccc3c1CCCC3)C2. The molecule has 7 nitrogen and oxygen atoms in total. The summed E-state index contributed by atoms with van der Waals surface area (Å²) in [5.74, 6) is 1.83. The molecular weight excluding hydrogens is 460 g/mol. The van der Waals surface area contributed by atoms with Crippen molar-refractivity contribution < 1.29 is 4.74 Å². The van der Waals surface area contributed by atoms with Crippen molar-refractivity contribution in [3.8, 4) is 11.9 Å². The zero-order chi connectivity index (χ0) is 25.2. The van der Waals surface area contributed by atoms with E-state index < -0.39 is 0 Å². The molecule has 4 aliphatic rings. The van der Waals surface area contributed by atoms with Crippen LogP contribution in [0.3, 0.4) is 0 Å². The number of benzene rings is 1. The summed E-state index contributed by atoms with van der Waals surface area (Å²) < 4.78 is 6.40. The standard InChI is InChI=1S/C30H40N6O/c1-34-15-5-8-25(34)21-37-29-18-23-19-35(28-10-4-7-22-6-2-3-9-26(22)28)16-12-27(23)30(33-29)36-17-14-32-24(20-36)11-13-31/h4,7,10,18,24-25,32H,2-3,5-6,8-9,11-12,14-17,19-21H2,1H3/t24-,25-/m0/s1. The number of hydrogen-bond donors (Lipinski definition) is 1. The average molecular weight is 501 g/mol. The number of fused-ring (bicyclic) bond motifs is 2. The quantitative estimate of drug-likeness (QED) is 0.649. The highest BCUT2D eigenvalue weighted by Crippen LogP contribution is 2.37. The predicted octanol–water partition coefficient (Wildman–Crippen LogP) is 3.69. The summed E-state index contributed by atoms with van der Waals surface area (Å²) in [4.78, 5) is 12.5. The molecule has 3 aliphatic heterocycles. The topological polar surface area (TPSA) is 67.7 Å². The van der Waals surface area contributed by atoms with E-state index in [-0.39, 0.29) is 6.04 Å². The maximum absolute atomic E-state index is 9.27. The minimum absolute atomic E-state index is 0.184. The van der Waals surface area contributed by atoms with Crippen LogP contribution < -0.4 is 19.9 Å². The van der Waals surface area contributed by atoms with E-state index in [0.29, 0.717) is 19.1 Å². The molecule has 6 rings (SSSR count). The third-order valence-electron chi connectivity index (χ3n) is 8.86. The average Bonchev–Trinajstić information content (AvgIpc) is 3.35. The first-order valence-electron chi connectivity index (χ1n) is 14.3. The highest BCUT2D eigenvalue weighted by molar-refractivity contribution is 5.62. The second-order valence-electron chi connectivity index (χ2n) is 11.3. The van der Waals surface area contributed by atoms with E-state index in [1.54, 1.807) is 11.1 Å². The largest absolute Gasteiger partial charge is 0.476 e. The summed E-state index contributed by atoms with van der Waals surface area (Å²) in [5, 5.41) is 12.8. The molecule has 1 aromatic heterocycles. The van der Waals surface area contributed by atoms with Gasteiger partial charge < -0.3 is 24.8 Å². The Hall–Kier alpha value is -2.82. The second-order valence-corrected chi connectivity index (χ2v) is 11.3. The summed E-state index contributed by atoms with van der Waals surface area (Å²) in [6, 6.07) is 12.1. The van der Waals surface area contributed by atoms with Gasteiger partial charge >= 0.3 is 0 Å². The molecular formula is C30H40N6O. The molecule has 37 heavy (non-hydrogen) atoms. The Morgan fingerprint density at radius 3 is 2.84 bits per heavy atom. The van der Waals surface area contributed by atoms with E-state index in [1.165, 1.54) is 55.3 Å². The predicted molar refractivity (Wildman–Crippen MR) is 147 cm³/mol. The summed E-state index contributed by atoms with van der Waals surface area (Å²) in [7, 11) is 2.20. The van der Waals surface area contributed by atoms with Gasteiger partial charge in [0.15, 0.2) is 0 Å². The normalized spacial score (nSPS) is 23.9. The van der Waals surface area contributed by atoms with Gasteiger partial charge in [0, 0.05) is 62.1 Å². The fourth-order valence-electron chi connectivity index (χ4n) is 6.76. The number of likely N-dealkylation sites (N-methyl/N-ethyl adjacent to an activating group) is 1. The van der Waals surface area contributed by atoms with Crippen molar-refractivity contribution in [1.82, 2.24) is 15.2 Å². The van der Waals surface area contributed by atoms with Crippen LogP contribution in [0.25, 0.3) is 0 Å². The Morgan fingerprint density at radius 2 is 1.97 bits per heavy atom. The molecule has 0 unspecified atom stereocenters. The number of nitrogens with zero attached hydrogens (tertiary/aromatic N) is 5. The van der Waals surface area contributed by atoms with Crippen molar-refractivity contribution >= 4 is 11.5 Å². The molecule has 7 heteroatoms. The number of likely N-dealkylation sites (tertiary alicyclic amines) is 1. The lowest BCUT2D eigenvalue weighted by Gasteiger charge is -2.38. The lowest BCUT2D eigenvalue weighted by atomic mass is 9.89. The van der Waals surface area contributed by atoms with Crippen LogP contribution in [0.15, 0.2) is 24.3 Å². The van der Waals surface area contributed by atoms with Gasteiger partial charge in [-0.05, 0) is 81.3 Å². The Labute approximate surface area is 221 Å². The Bertz CT molecular complexity index is 1160. The molecule has 0 radical (unpaired) electrons. The number of nitrogens with one attached hydrogen (secondary N) is 1. The molecule has 1 aromatic carbocycles. The molecule has 2 fully saturated rings.